The third kappa shape index (κ3) is 3.29. The molecule has 0 fully saturated rings. The topological polar surface area (TPSA) is 75.6 Å². The molecule has 0 saturated carbocycles. The quantitative estimate of drug-likeness (QED) is 0.849. The van der Waals surface area contributed by atoms with Gasteiger partial charge in [-0.3, -0.25) is 4.57 Å². The first-order valence-corrected chi connectivity index (χ1v) is 7.43. The van der Waals surface area contributed by atoms with Crippen LogP contribution in [0.5, 0.6) is 0 Å². The summed E-state index contributed by atoms with van der Waals surface area (Å²) in [7, 11) is 1.92. The highest BCUT2D eigenvalue weighted by Crippen LogP contribution is 2.25. The molecule has 0 amide bonds. The van der Waals surface area contributed by atoms with Crippen LogP contribution < -0.4 is 11.0 Å². The first-order valence-electron chi connectivity index (χ1n) is 6.62. The molecule has 2 aromatic rings. The Hall–Kier alpha value is -1.60. The van der Waals surface area contributed by atoms with E-state index in [9.17, 15) is 4.79 Å². The lowest BCUT2D eigenvalue weighted by molar-refractivity contribution is 0.603. The molecule has 0 aliphatic heterocycles. The molecule has 1 unspecified atom stereocenters. The fourth-order valence-corrected chi connectivity index (χ4v) is 2.68. The van der Waals surface area contributed by atoms with Crippen LogP contribution in [0.25, 0.3) is 0 Å². The van der Waals surface area contributed by atoms with Gasteiger partial charge >= 0.3 is 5.69 Å². The molecular formula is C13H19N5OS. The number of nitrogens with zero attached hydrogens (tertiary/aromatic N) is 3. The molecule has 0 aromatic carbocycles. The fourth-order valence-electron chi connectivity index (χ4n) is 1.81. The molecule has 6 nitrogen and oxygen atoms in total. The van der Waals surface area contributed by atoms with E-state index in [1.54, 1.807) is 10.8 Å². The number of nitrogens with one attached hydrogen (secondary N) is 2. The molecule has 0 bridgehead atoms. The van der Waals surface area contributed by atoms with Crippen LogP contribution in [0.1, 0.15) is 31.9 Å². The average Bonchev–Trinajstić information content (AvgIpc) is 2.80. The second-order valence-corrected chi connectivity index (χ2v) is 5.49. The van der Waals surface area contributed by atoms with Crippen molar-refractivity contribution >= 4 is 11.8 Å². The third-order valence-corrected chi connectivity index (χ3v) is 3.98. The van der Waals surface area contributed by atoms with Crippen molar-refractivity contribution in [2.75, 3.05) is 7.05 Å². The Bertz CT molecular complexity index is 621. The summed E-state index contributed by atoms with van der Waals surface area (Å²) in [5.41, 5.74) is 0.985. The largest absolute Gasteiger partial charge is 0.343 e. The molecule has 7 heteroatoms. The molecule has 2 rings (SSSR count). The van der Waals surface area contributed by atoms with Gasteiger partial charge in [0.15, 0.2) is 5.16 Å². The summed E-state index contributed by atoms with van der Waals surface area (Å²) in [5.74, 6) is 0. The maximum Gasteiger partial charge on any atom is 0.343 e. The van der Waals surface area contributed by atoms with E-state index in [1.165, 1.54) is 11.8 Å². The van der Waals surface area contributed by atoms with Crippen LogP contribution in [0.4, 0.5) is 0 Å². The molecule has 108 valence electrons. The summed E-state index contributed by atoms with van der Waals surface area (Å²) in [6.07, 6.45) is 2.66. The van der Waals surface area contributed by atoms with Crippen LogP contribution in [-0.2, 0) is 6.54 Å². The number of aromatic amines is 1. The van der Waals surface area contributed by atoms with Crippen LogP contribution >= 0.6 is 11.8 Å². The number of H-pyrrole nitrogens is 1. The molecule has 2 N–H and O–H groups in total. The van der Waals surface area contributed by atoms with Crippen LogP contribution in [-0.4, -0.2) is 26.8 Å². The van der Waals surface area contributed by atoms with E-state index in [-0.39, 0.29) is 11.7 Å². The SMILES string of the molecule is CCCn1c(Sc2cc(C(C)NC)ccn2)n[nH]c1=O. The van der Waals surface area contributed by atoms with Gasteiger partial charge < -0.3 is 5.32 Å². The van der Waals surface area contributed by atoms with Crippen molar-refractivity contribution in [2.45, 2.75) is 43.0 Å². The van der Waals surface area contributed by atoms with E-state index in [1.807, 2.05) is 26.1 Å². The lowest BCUT2D eigenvalue weighted by Crippen LogP contribution is -2.17. The number of hydrogen-bond donors (Lipinski definition) is 2. The minimum atomic E-state index is -0.172. The normalized spacial score (nSPS) is 12.6. The zero-order valence-corrected chi connectivity index (χ0v) is 12.7. The van der Waals surface area contributed by atoms with E-state index < -0.39 is 0 Å². The molecule has 0 radical (unpaired) electrons. The van der Waals surface area contributed by atoms with Crippen molar-refractivity contribution in [1.82, 2.24) is 25.1 Å². The van der Waals surface area contributed by atoms with Crippen molar-refractivity contribution < 1.29 is 0 Å². The second kappa shape index (κ2) is 6.71. The zero-order valence-electron chi connectivity index (χ0n) is 11.9. The lowest BCUT2D eigenvalue weighted by atomic mass is 10.1. The van der Waals surface area contributed by atoms with E-state index in [0.29, 0.717) is 11.7 Å². The number of rotatable bonds is 6. The maximum absolute atomic E-state index is 11.6. The Morgan fingerprint density at radius 2 is 2.35 bits per heavy atom. The molecule has 1 atom stereocenters. The van der Waals surface area contributed by atoms with Gasteiger partial charge in [-0.25, -0.2) is 14.9 Å². The highest BCUT2D eigenvalue weighted by molar-refractivity contribution is 7.99. The highest BCUT2D eigenvalue weighted by atomic mass is 32.2. The van der Waals surface area contributed by atoms with E-state index in [0.717, 1.165) is 17.0 Å². The lowest BCUT2D eigenvalue weighted by Gasteiger charge is -2.11. The van der Waals surface area contributed by atoms with Gasteiger partial charge in [0.2, 0.25) is 0 Å². The summed E-state index contributed by atoms with van der Waals surface area (Å²) in [6.45, 7) is 4.77. The van der Waals surface area contributed by atoms with Crippen molar-refractivity contribution in [3.63, 3.8) is 0 Å². The van der Waals surface area contributed by atoms with Crippen LogP contribution in [0.3, 0.4) is 0 Å². The molecule has 0 aliphatic carbocycles. The van der Waals surface area contributed by atoms with Crippen molar-refractivity contribution in [3.05, 3.63) is 34.4 Å². The van der Waals surface area contributed by atoms with Gasteiger partial charge in [-0.15, -0.1) is 5.10 Å². The van der Waals surface area contributed by atoms with Crippen LogP contribution in [0.15, 0.2) is 33.3 Å². The average molecular weight is 293 g/mol. The van der Waals surface area contributed by atoms with Gasteiger partial charge in [-0.1, -0.05) is 6.92 Å². The molecule has 0 aliphatic rings. The van der Waals surface area contributed by atoms with Crippen LogP contribution in [0.2, 0.25) is 0 Å². The molecule has 20 heavy (non-hydrogen) atoms. The van der Waals surface area contributed by atoms with Crippen molar-refractivity contribution in [2.24, 2.45) is 0 Å². The molecule has 0 saturated heterocycles. The summed E-state index contributed by atoms with van der Waals surface area (Å²) >= 11 is 1.40. The third-order valence-electron chi connectivity index (χ3n) is 3.06. The molecule has 2 heterocycles. The van der Waals surface area contributed by atoms with Crippen LogP contribution in [0, 0.1) is 0 Å². The van der Waals surface area contributed by atoms with Gasteiger partial charge in [0.05, 0.1) is 0 Å². The van der Waals surface area contributed by atoms with Gasteiger partial charge in [-0.2, -0.15) is 0 Å². The van der Waals surface area contributed by atoms with E-state index in [4.69, 9.17) is 0 Å². The van der Waals surface area contributed by atoms with Gasteiger partial charge in [0.1, 0.15) is 5.03 Å². The summed E-state index contributed by atoms with van der Waals surface area (Å²) in [6, 6.07) is 4.25. The van der Waals surface area contributed by atoms with Crippen molar-refractivity contribution in [1.29, 1.82) is 0 Å². The second-order valence-electron chi connectivity index (χ2n) is 4.50. The summed E-state index contributed by atoms with van der Waals surface area (Å²) < 4.78 is 1.64. The molecular weight excluding hydrogens is 274 g/mol. The standard InChI is InChI=1S/C13H19N5OS/c1-4-7-18-12(19)16-17-13(18)20-11-8-10(5-6-15-11)9(2)14-3/h5-6,8-9,14H,4,7H2,1-3H3,(H,16,19). The Morgan fingerprint density at radius 1 is 1.55 bits per heavy atom. The Kier molecular flexibility index (Phi) is 4.97. The highest BCUT2D eigenvalue weighted by Gasteiger charge is 2.11. The monoisotopic (exact) mass is 293 g/mol. The number of hydrogen-bond acceptors (Lipinski definition) is 5. The van der Waals surface area contributed by atoms with Gasteiger partial charge in [0, 0.05) is 18.8 Å². The number of aromatic nitrogens is 4. The first kappa shape index (κ1) is 14.8. The van der Waals surface area contributed by atoms with E-state index >= 15 is 0 Å². The Balaban J connectivity index is 2.24. The fraction of sp³-hybridized carbons (Fsp3) is 0.462. The summed E-state index contributed by atoms with van der Waals surface area (Å²) in [5, 5.41) is 11.2. The first-order chi connectivity index (χ1) is 9.65. The van der Waals surface area contributed by atoms with Gasteiger partial charge in [-0.05, 0) is 49.9 Å². The van der Waals surface area contributed by atoms with Gasteiger partial charge in [0.25, 0.3) is 0 Å². The minimum Gasteiger partial charge on any atom is -0.313 e. The predicted octanol–water partition coefficient (Wildman–Crippen LogP) is 1.81. The molecule has 2 aromatic heterocycles. The van der Waals surface area contributed by atoms with Crippen molar-refractivity contribution in [3.8, 4) is 0 Å². The zero-order chi connectivity index (χ0) is 14.5. The summed E-state index contributed by atoms with van der Waals surface area (Å²) in [4.78, 5) is 16.0. The molecule has 0 spiro atoms. The number of pyridine rings is 1. The Labute approximate surface area is 122 Å². The minimum absolute atomic E-state index is 0.172. The van der Waals surface area contributed by atoms with E-state index in [2.05, 4.69) is 27.4 Å². The maximum atomic E-state index is 11.6. The smallest absolute Gasteiger partial charge is 0.313 e. The Morgan fingerprint density at radius 3 is 3.05 bits per heavy atom. The predicted molar refractivity (Wildman–Crippen MR) is 79.0 cm³/mol.